The van der Waals surface area contributed by atoms with Crippen LogP contribution in [-0.2, 0) is 56.2 Å². The van der Waals surface area contributed by atoms with E-state index in [2.05, 4.69) is 45.9 Å². The third-order valence-electron chi connectivity index (χ3n) is 18.8. The van der Waals surface area contributed by atoms with Crippen molar-refractivity contribution in [2.45, 2.75) is 227 Å². The van der Waals surface area contributed by atoms with E-state index in [0.29, 0.717) is 30.6 Å². The Kier molecular flexibility index (Phi) is 17.4. The topological polar surface area (TPSA) is 337 Å². The molecule has 1 aromatic rings. The summed E-state index contributed by atoms with van der Waals surface area (Å²) in [5, 5.41) is 137. The number of ether oxygens (including phenoxy) is 8. The number of rotatable bonds is 15. The minimum atomic E-state index is -1.87. The molecule has 2 saturated carbocycles. The van der Waals surface area contributed by atoms with Gasteiger partial charge in [0.05, 0.1) is 38.6 Å². The van der Waals surface area contributed by atoms with Gasteiger partial charge in [0.25, 0.3) is 0 Å². The lowest BCUT2D eigenvalue weighted by Crippen LogP contribution is -2.67. The van der Waals surface area contributed by atoms with Gasteiger partial charge < -0.3 is 104 Å². The monoisotopic (exact) mass is 1050 g/mol. The molecule has 6 fully saturated rings. The van der Waals surface area contributed by atoms with E-state index in [9.17, 15) is 66.4 Å². The summed E-state index contributed by atoms with van der Waals surface area (Å²) < 4.78 is 48.2. The van der Waals surface area contributed by atoms with Crippen molar-refractivity contribution in [3.05, 3.63) is 46.0 Å². The van der Waals surface area contributed by atoms with Crippen molar-refractivity contribution in [2.24, 2.45) is 29.1 Å². The van der Waals surface area contributed by atoms with Crippen molar-refractivity contribution >= 4 is 0 Å². The van der Waals surface area contributed by atoms with E-state index in [1.165, 1.54) is 34.8 Å². The average molecular weight is 1060 g/mol. The third kappa shape index (κ3) is 10.3. The van der Waals surface area contributed by atoms with Crippen LogP contribution in [0, 0.1) is 36.0 Å². The number of aliphatic hydroxyl groups excluding tert-OH is 13. The summed E-state index contributed by atoms with van der Waals surface area (Å²) in [5.41, 5.74) is 6.65. The highest BCUT2D eigenvalue weighted by Gasteiger charge is 2.60. The lowest BCUT2D eigenvalue weighted by atomic mass is 9.47. The molecule has 27 atom stereocenters. The van der Waals surface area contributed by atoms with E-state index in [4.69, 9.17) is 37.9 Å². The Morgan fingerprint density at radius 2 is 1.18 bits per heavy atom. The van der Waals surface area contributed by atoms with Gasteiger partial charge in [0, 0.05) is 0 Å². The number of benzene rings is 1. The van der Waals surface area contributed by atoms with Gasteiger partial charge in [0.15, 0.2) is 25.2 Å². The lowest BCUT2D eigenvalue weighted by molar-refractivity contribution is -0.394. The summed E-state index contributed by atoms with van der Waals surface area (Å²) in [7, 11) is 0. The zero-order valence-corrected chi connectivity index (χ0v) is 42.9. The molecule has 4 aliphatic heterocycles. The minimum absolute atomic E-state index is 0.00659. The van der Waals surface area contributed by atoms with Crippen LogP contribution in [0.1, 0.15) is 94.9 Å². The highest BCUT2D eigenvalue weighted by molar-refractivity contribution is 5.50. The molecular weight excluding hydrogens is 973 g/mol. The van der Waals surface area contributed by atoms with Crippen LogP contribution in [0.15, 0.2) is 23.8 Å². The van der Waals surface area contributed by atoms with Gasteiger partial charge >= 0.3 is 0 Å². The number of aliphatic hydroxyl groups is 13. The van der Waals surface area contributed by atoms with Crippen molar-refractivity contribution in [1.82, 2.24) is 0 Å². The smallest absolute Gasteiger partial charge is 0.187 e. The third-order valence-corrected chi connectivity index (χ3v) is 18.8. The first kappa shape index (κ1) is 56.8. The van der Waals surface area contributed by atoms with Crippen molar-refractivity contribution in [2.75, 3.05) is 26.4 Å². The van der Waals surface area contributed by atoms with Crippen LogP contribution >= 0.6 is 0 Å². The first-order valence-electron chi connectivity index (χ1n) is 26.8. The molecule has 4 aliphatic carbocycles. The van der Waals surface area contributed by atoms with Gasteiger partial charge in [-0.15, -0.1) is 0 Å². The van der Waals surface area contributed by atoms with Crippen LogP contribution in [0.5, 0.6) is 0 Å². The van der Waals surface area contributed by atoms with E-state index in [-0.39, 0.29) is 23.4 Å². The largest absolute Gasteiger partial charge is 0.394 e. The number of fused-ring (bicyclic) bond motifs is 7. The molecule has 21 nitrogen and oxygen atoms in total. The predicted molar refractivity (Wildman–Crippen MR) is 256 cm³/mol. The van der Waals surface area contributed by atoms with E-state index in [0.717, 1.165) is 44.9 Å². The van der Waals surface area contributed by atoms with Crippen LogP contribution in [0.25, 0.3) is 0 Å². The molecule has 0 bridgehead atoms. The number of allylic oxidation sites excluding steroid dienone is 1. The predicted octanol–water partition coefficient (Wildman–Crippen LogP) is -1.78. The molecule has 4 heterocycles. The van der Waals surface area contributed by atoms with Crippen LogP contribution in [0.2, 0.25) is 0 Å². The maximum Gasteiger partial charge on any atom is 0.187 e. The molecule has 0 aromatic heterocycles. The summed E-state index contributed by atoms with van der Waals surface area (Å²) >= 11 is 0. The van der Waals surface area contributed by atoms with Crippen LogP contribution in [-0.4, -0.2) is 222 Å². The first-order chi connectivity index (χ1) is 35.1. The normalized spacial score (nSPS) is 48.8. The molecule has 13 N–H and O–H groups in total. The Morgan fingerprint density at radius 1 is 0.608 bits per heavy atom. The van der Waals surface area contributed by atoms with Crippen molar-refractivity contribution in [3.8, 4) is 0 Å². The molecule has 0 radical (unpaired) electrons. The zero-order chi connectivity index (χ0) is 53.3. The summed E-state index contributed by atoms with van der Waals surface area (Å²) in [6.45, 7) is 8.89. The average Bonchev–Trinajstić information content (AvgIpc) is 3.70. The van der Waals surface area contributed by atoms with Gasteiger partial charge in [0.2, 0.25) is 0 Å². The highest BCUT2D eigenvalue weighted by Crippen LogP contribution is 2.65. The Labute approximate surface area is 431 Å². The van der Waals surface area contributed by atoms with Gasteiger partial charge in [0.1, 0.15) is 91.6 Å². The Morgan fingerprint density at radius 3 is 1.84 bits per heavy atom. The number of hydrogen-bond donors (Lipinski definition) is 13. The van der Waals surface area contributed by atoms with Gasteiger partial charge in [-0.25, -0.2) is 0 Å². The molecule has 0 spiro atoms. The standard InChI is InChI=1S/C53H82O21/c1-22(21-67-48-43(64)41(62)37(58)32(18-54)70-48)6-7-25-8-9-26-16-31-29-11-10-27-17-28(12-14-52(27,4)30(29)13-15-53(31,5)35(26)23(25)2)69-51-47(74-49-44(65)40(61)36(57)24(3)68-49)46(39(60)34(20-56)72-51)73-50-45(66)42(63)38(59)33(19-55)71-50/h8-10,22,24,28-34,36-51,54-66H,6-7,11-21H2,1-5H3/t22-,24+,28+,29-,30+,31+,32-,33-,34-,36+,37-,38-,39-,40-,41+,42+,43-,44-,45-,46+,47-,48-,49+,50+,51-,52+,53+/m1/s1. The molecule has 8 aliphatic rings. The fourth-order valence-electron chi connectivity index (χ4n) is 14.2. The van der Waals surface area contributed by atoms with Crippen molar-refractivity contribution < 1.29 is 104 Å². The second-order valence-corrected chi connectivity index (χ2v) is 23.3. The Hall–Kier alpha value is -1.88. The van der Waals surface area contributed by atoms with Crippen molar-refractivity contribution in [3.63, 3.8) is 0 Å². The minimum Gasteiger partial charge on any atom is -0.394 e. The van der Waals surface area contributed by atoms with Crippen molar-refractivity contribution in [1.29, 1.82) is 0 Å². The second kappa shape index (κ2) is 22.7. The van der Waals surface area contributed by atoms with Gasteiger partial charge in [-0.1, -0.05) is 44.6 Å². The van der Waals surface area contributed by atoms with Crippen LogP contribution < -0.4 is 0 Å². The first-order valence-corrected chi connectivity index (χ1v) is 26.8. The molecule has 9 rings (SSSR count). The van der Waals surface area contributed by atoms with Gasteiger partial charge in [-0.3, -0.25) is 0 Å². The molecule has 74 heavy (non-hydrogen) atoms. The summed E-state index contributed by atoms with van der Waals surface area (Å²) in [4.78, 5) is 0. The molecule has 1 aromatic carbocycles. The second-order valence-electron chi connectivity index (χ2n) is 23.3. The molecule has 0 amide bonds. The highest BCUT2D eigenvalue weighted by atomic mass is 16.8. The number of aryl methyl sites for hydroxylation is 1. The van der Waals surface area contributed by atoms with Crippen LogP contribution in [0.4, 0.5) is 0 Å². The lowest BCUT2D eigenvalue weighted by Gasteiger charge is -2.58. The molecule has 420 valence electrons. The Bertz CT molecular complexity index is 2090. The SMILES string of the molecule is Cc1c(CC[C@@H](C)CO[C@@H]2O[C@H](CO)[C@@H](O)[C@H](O)[C@H]2O)ccc2c1[C@@]1(C)CC[C@H]3[C@@H](CC=C4C[C@@H](O[C@@H]5O[C@H](CO)[C@@H](O)[C@H](O[C@@H]6O[C@H](CO)[C@@H](O)[C@H](O)[C@H]6O)[C@H]5O[C@@H]5O[C@@H](C)[C@H](O)[C@@H](O)[C@H]5O)CC[C@@]43C)[C@@H]1C2. The number of hydrogen-bond acceptors (Lipinski definition) is 21. The zero-order valence-electron chi connectivity index (χ0n) is 42.9. The fourth-order valence-corrected chi connectivity index (χ4v) is 14.2. The summed E-state index contributed by atoms with van der Waals surface area (Å²) in [6.07, 6.45) is -20.7. The molecule has 4 saturated heterocycles. The molecular formula is C53H82O21. The maximum atomic E-state index is 11.6. The van der Waals surface area contributed by atoms with E-state index < -0.39 is 149 Å². The summed E-state index contributed by atoms with van der Waals surface area (Å²) in [6, 6.07) is 4.58. The molecule has 0 unspecified atom stereocenters. The summed E-state index contributed by atoms with van der Waals surface area (Å²) in [5.74, 6) is 1.39. The van der Waals surface area contributed by atoms with E-state index in [1.54, 1.807) is 0 Å². The van der Waals surface area contributed by atoms with Gasteiger partial charge in [-0.2, -0.15) is 0 Å². The molecule has 21 heteroatoms. The van der Waals surface area contributed by atoms with Gasteiger partial charge in [-0.05, 0) is 128 Å². The van der Waals surface area contributed by atoms with E-state index in [1.807, 2.05) is 0 Å². The fraction of sp³-hybridized carbons (Fsp3) is 0.849. The Balaban J connectivity index is 0.885. The quantitative estimate of drug-likeness (QED) is 0.0864. The van der Waals surface area contributed by atoms with Crippen LogP contribution in [0.3, 0.4) is 0 Å². The maximum absolute atomic E-state index is 11.6. The van der Waals surface area contributed by atoms with E-state index >= 15 is 0 Å².